The predicted octanol–water partition coefficient (Wildman–Crippen LogP) is 2.91. The van der Waals surface area contributed by atoms with E-state index in [2.05, 4.69) is 25.8 Å². The molecule has 0 radical (unpaired) electrons. The highest BCUT2D eigenvalue weighted by molar-refractivity contribution is 4.77. The van der Waals surface area contributed by atoms with Crippen LogP contribution in [0, 0.1) is 11.3 Å². The molecule has 0 aromatic heterocycles. The van der Waals surface area contributed by atoms with E-state index >= 15 is 0 Å². The van der Waals surface area contributed by atoms with Crippen molar-refractivity contribution in [1.82, 2.24) is 4.90 Å². The van der Waals surface area contributed by atoms with Crippen LogP contribution < -0.4 is 0 Å². The molecular formula is C14H29NO. The van der Waals surface area contributed by atoms with Gasteiger partial charge in [0.1, 0.15) is 0 Å². The topological polar surface area (TPSA) is 23.5 Å². The number of hydrogen-bond acceptors (Lipinski definition) is 2. The van der Waals surface area contributed by atoms with Crippen molar-refractivity contribution in [3.8, 4) is 0 Å². The van der Waals surface area contributed by atoms with Crippen LogP contribution in [0.1, 0.15) is 52.4 Å². The van der Waals surface area contributed by atoms with Gasteiger partial charge in [-0.3, -0.25) is 0 Å². The number of rotatable bonds is 6. The van der Waals surface area contributed by atoms with Gasteiger partial charge in [-0.2, -0.15) is 0 Å². The molecule has 96 valence electrons. The second kappa shape index (κ2) is 6.61. The van der Waals surface area contributed by atoms with Crippen molar-refractivity contribution in [1.29, 1.82) is 0 Å². The Morgan fingerprint density at radius 2 is 1.88 bits per heavy atom. The summed E-state index contributed by atoms with van der Waals surface area (Å²) in [4.78, 5) is 2.43. The van der Waals surface area contributed by atoms with Crippen molar-refractivity contribution in [2.45, 2.75) is 52.4 Å². The normalized spacial score (nSPS) is 22.3. The van der Waals surface area contributed by atoms with Crippen LogP contribution in [0.4, 0.5) is 0 Å². The fourth-order valence-corrected chi connectivity index (χ4v) is 2.80. The molecule has 0 saturated heterocycles. The van der Waals surface area contributed by atoms with Crippen LogP contribution in [0.25, 0.3) is 0 Å². The second-order valence-corrected chi connectivity index (χ2v) is 6.02. The zero-order valence-corrected chi connectivity index (χ0v) is 11.3. The highest BCUT2D eigenvalue weighted by Gasteiger charge is 2.24. The first-order chi connectivity index (χ1) is 7.59. The van der Waals surface area contributed by atoms with Crippen molar-refractivity contribution in [2.24, 2.45) is 11.3 Å². The lowest BCUT2D eigenvalue weighted by Gasteiger charge is -2.34. The Morgan fingerprint density at radius 3 is 2.38 bits per heavy atom. The summed E-state index contributed by atoms with van der Waals surface area (Å²) in [7, 11) is 2.21. The van der Waals surface area contributed by atoms with Crippen molar-refractivity contribution in [3.63, 3.8) is 0 Å². The first-order valence-electron chi connectivity index (χ1n) is 6.89. The summed E-state index contributed by atoms with van der Waals surface area (Å²) < 4.78 is 0. The van der Waals surface area contributed by atoms with Gasteiger partial charge in [-0.1, -0.05) is 33.1 Å². The summed E-state index contributed by atoms with van der Waals surface area (Å²) in [6.45, 7) is 6.90. The SMILES string of the molecule is CCC(C)(CO)CN(C)CC1CCCCC1. The lowest BCUT2D eigenvalue weighted by Crippen LogP contribution is -2.38. The van der Waals surface area contributed by atoms with Crippen molar-refractivity contribution < 1.29 is 5.11 Å². The van der Waals surface area contributed by atoms with Gasteiger partial charge in [0.05, 0.1) is 0 Å². The van der Waals surface area contributed by atoms with Gasteiger partial charge in [0, 0.05) is 25.1 Å². The summed E-state index contributed by atoms with van der Waals surface area (Å²) in [5.74, 6) is 0.901. The van der Waals surface area contributed by atoms with E-state index in [1.54, 1.807) is 0 Å². The minimum Gasteiger partial charge on any atom is -0.396 e. The predicted molar refractivity (Wildman–Crippen MR) is 69.6 cm³/mol. The Balaban J connectivity index is 2.30. The van der Waals surface area contributed by atoms with Crippen LogP contribution in [0.2, 0.25) is 0 Å². The van der Waals surface area contributed by atoms with Crippen LogP contribution in [0.15, 0.2) is 0 Å². The molecule has 0 amide bonds. The maximum absolute atomic E-state index is 9.41. The molecule has 1 N–H and O–H groups in total. The molecule has 0 aromatic rings. The van der Waals surface area contributed by atoms with Gasteiger partial charge in [0.15, 0.2) is 0 Å². The molecule has 0 aromatic carbocycles. The molecular weight excluding hydrogens is 198 g/mol. The zero-order valence-electron chi connectivity index (χ0n) is 11.3. The molecule has 2 heteroatoms. The molecule has 2 nitrogen and oxygen atoms in total. The van der Waals surface area contributed by atoms with E-state index in [-0.39, 0.29) is 5.41 Å². The Hall–Kier alpha value is -0.0800. The summed E-state index contributed by atoms with van der Waals surface area (Å²) in [5, 5.41) is 9.41. The fourth-order valence-electron chi connectivity index (χ4n) is 2.80. The molecule has 1 unspecified atom stereocenters. The van der Waals surface area contributed by atoms with E-state index in [9.17, 15) is 5.11 Å². The number of aliphatic hydroxyl groups is 1. The molecule has 1 saturated carbocycles. The molecule has 0 heterocycles. The van der Waals surface area contributed by atoms with Gasteiger partial charge in [-0.25, -0.2) is 0 Å². The molecule has 1 fully saturated rings. The van der Waals surface area contributed by atoms with Gasteiger partial charge in [0.25, 0.3) is 0 Å². The van der Waals surface area contributed by atoms with E-state index in [0.717, 1.165) is 18.9 Å². The van der Waals surface area contributed by atoms with Gasteiger partial charge in [-0.15, -0.1) is 0 Å². The monoisotopic (exact) mass is 227 g/mol. The lowest BCUT2D eigenvalue weighted by molar-refractivity contribution is 0.0856. The largest absolute Gasteiger partial charge is 0.396 e. The van der Waals surface area contributed by atoms with Crippen LogP contribution >= 0.6 is 0 Å². The molecule has 1 rings (SSSR count). The highest BCUT2D eigenvalue weighted by atomic mass is 16.3. The summed E-state index contributed by atoms with van der Waals surface area (Å²) in [6.07, 6.45) is 8.15. The molecule has 0 spiro atoms. The molecule has 0 aliphatic heterocycles. The summed E-state index contributed by atoms with van der Waals surface area (Å²) in [5.41, 5.74) is 0.0867. The van der Waals surface area contributed by atoms with Crippen LogP contribution in [-0.2, 0) is 0 Å². The number of aliphatic hydroxyl groups excluding tert-OH is 1. The summed E-state index contributed by atoms with van der Waals surface area (Å²) >= 11 is 0. The molecule has 0 bridgehead atoms. The average Bonchev–Trinajstić information content (AvgIpc) is 2.30. The van der Waals surface area contributed by atoms with E-state index in [4.69, 9.17) is 0 Å². The van der Waals surface area contributed by atoms with Crippen molar-refractivity contribution in [2.75, 3.05) is 26.7 Å². The van der Waals surface area contributed by atoms with Crippen LogP contribution in [0.3, 0.4) is 0 Å². The van der Waals surface area contributed by atoms with Gasteiger partial charge in [0.2, 0.25) is 0 Å². The minimum atomic E-state index is 0.0867. The number of nitrogens with zero attached hydrogens (tertiary/aromatic N) is 1. The molecule has 1 aliphatic rings. The van der Waals surface area contributed by atoms with Crippen molar-refractivity contribution >= 4 is 0 Å². The smallest absolute Gasteiger partial charge is 0.0496 e. The maximum atomic E-state index is 9.41. The Bertz CT molecular complexity index is 183. The molecule has 1 aliphatic carbocycles. The van der Waals surface area contributed by atoms with Crippen LogP contribution in [-0.4, -0.2) is 36.8 Å². The first-order valence-corrected chi connectivity index (χ1v) is 6.89. The van der Waals surface area contributed by atoms with Gasteiger partial charge >= 0.3 is 0 Å². The minimum absolute atomic E-state index is 0.0867. The van der Waals surface area contributed by atoms with E-state index < -0.39 is 0 Å². The zero-order chi connectivity index (χ0) is 12.0. The quantitative estimate of drug-likeness (QED) is 0.754. The van der Waals surface area contributed by atoms with E-state index in [1.165, 1.54) is 38.6 Å². The fraction of sp³-hybridized carbons (Fsp3) is 1.00. The Morgan fingerprint density at radius 1 is 1.25 bits per heavy atom. The average molecular weight is 227 g/mol. The highest BCUT2D eigenvalue weighted by Crippen LogP contribution is 2.26. The first kappa shape index (κ1) is 14.0. The van der Waals surface area contributed by atoms with E-state index in [1.807, 2.05) is 0 Å². The standard InChI is InChI=1S/C14H29NO/c1-4-14(2,12-16)11-15(3)10-13-8-6-5-7-9-13/h13,16H,4-12H2,1-3H3. The third-order valence-electron chi connectivity index (χ3n) is 4.18. The molecule has 16 heavy (non-hydrogen) atoms. The van der Waals surface area contributed by atoms with E-state index in [0.29, 0.717) is 6.61 Å². The number of hydrogen-bond donors (Lipinski definition) is 1. The van der Waals surface area contributed by atoms with Gasteiger partial charge in [-0.05, 0) is 32.2 Å². The second-order valence-electron chi connectivity index (χ2n) is 6.02. The Labute approximate surface area is 101 Å². The Kier molecular flexibility index (Phi) is 5.77. The summed E-state index contributed by atoms with van der Waals surface area (Å²) in [6, 6.07) is 0. The third-order valence-corrected chi connectivity index (χ3v) is 4.18. The van der Waals surface area contributed by atoms with Crippen molar-refractivity contribution in [3.05, 3.63) is 0 Å². The lowest BCUT2D eigenvalue weighted by atomic mass is 9.86. The van der Waals surface area contributed by atoms with Crippen LogP contribution in [0.5, 0.6) is 0 Å². The third kappa shape index (κ3) is 4.42. The van der Waals surface area contributed by atoms with Gasteiger partial charge < -0.3 is 10.0 Å². The maximum Gasteiger partial charge on any atom is 0.0496 e. The molecule has 1 atom stereocenters.